The molecular weight excluding hydrogens is 252 g/mol. The molecule has 0 aliphatic heterocycles. The molecule has 108 valence electrons. The van der Waals surface area contributed by atoms with Crippen molar-refractivity contribution in [1.82, 2.24) is 0 Å². The monoisotopic (exact) mass is 274 g/mol. The summed E-state index contributed by atoms with van der Waals surface area (Å²) in [7, 11) is 0. The third-order valence-electron chi connectivity index (χ3n) is 2.98. The second-order valence-corrected chi connectivity index (χ2v) is 4.93. The number of esters is 1. The second-order valence-electron chi connectivity index (χ2n) is 4.93. The Hall–Kier alpha value is -1.90. The standard InChI is InChI=1S/C17H22O3/c1-4-20-17(19)12-16(18)15(11-10-13(2)3)14-8-6-5-7-9-14/h5-10,15H,4,11-12H2,1-3H3. The van der Waals surface area contributed by atoms with Gasteiger partial charge in [0.25, 0.3) is 0 Å². The van der Waals surface area contributed by atoms with Gasteiger partial charge in [0.15, 0.2) is 5.78 Å². The van der Waals surface area contributed by atoms with Crippen LogP contribution in [0.5, 0.6) is 0 Å². The van der Waals surface area contributed by atoms with E-state index in [2.05, 4.69) is 0 Å². The Bertz CT molecular complexity index is 470. The molecule has 0 saturated carbocycles. The first kappa shape index (κ1) is 16.2. The van der Waals surface area contributed by atoms with Crippen LogP contribution in [0.25, 0.3) is 0 Å². The van der Waals surface area contributed by atoms with Crippen molar-refractivity contribution in [3.05, 3.63) is 47.5 Å². The molecule has 0 bridgehead atoms. The fourth-order valence-corrected chi connectivity index (χ4v) is 1.97. The van der Waals surface area contributed by atoms with Crippen LogP contribution < -0.4 is 0 Å². The highest BCUT2D eigenvalue weighted by Crippen LogP contribution is 2.23. The number of rotatable bonds is 7. The van der Waals surface area contributed by atoms with Gasteiger partial charge in [-0.25, -0.2) is 0 Å². The Kier molecular flexibility index (Phi) is 6.71. The molecule has 20 heavy (non-hydrogen) atoms. The number of carbonyl (C=O) groups is 2. The molecule has 0 radical (unpaired) electrons. The molecule has 3 heteroatoms. The first-order valence-corrected chi connectivity index (χ1v) is 6.91. The van der Waals surface area contributed by atoms with Crippen molar-refractivity contribution in [1.29, 1.82) is 0 Å². The zero-order chi connectivity index (χ0) is 15.0. The minimum Gasteiger partial charge on any atom is -0.466 e. The molecule has 0 N–H and O–H groups in total. The Labute approximate surface area is 120 Å². The summed E-state index contributed by atoms with van der Waals surface area (Å²) in [5.74, 6) is -0.821. The van der Waals surface area contributed by atoms with E-state index in [1.807, 2.05) is 50.3 Å². The number of hydrogen-bond donors (Lipinski definition) is 0. The van der Waals surface area contributed by atoms with E-state index in [0.717, 1.165) is 11.1 Å². The fourth-order valence-electron chi connectivity index (χ4n) is 1.97. The van der Waals surface area contributed by atoms with Gasteiger partial charge in [-0.15, -0.1) is 0 Å². The maximum Gasteiger partial charge on any atom is 0.313 e. The number of allylic oxidation sites excluding steroid dienone is 2. The summed E-state index contributed by atoms with van der Waals surface area (Å²) >= 11 is 0. The second kappa shape index (κ2) is 8.31. The average molecular weight is 274 g/mol. The first-order chi connectivity index (χ1) is 9.54. The van der Waals surface area contributed by atoms with Crippen molar-refractivity contribution in [3.63, 3.8) is 0 Å². The zero-order valence-electron chi connectivity index (χ0n) is 12.4. The number of hydrogen-bond acceptors (Lipinski definition) is 3. The third kappa shape index (κ3) is 5.39. The van der Waals surface area contributed by atoms with Crippen LogP contribution in [0.2, 0.25) is 0 Å². The number of carbonyl (C=O) groups excluding carboxylic acids is 2. The lowest BCUT2D eigenvalue weighted by Crippen LogP contribution is -2.18. The Balaban J connectivity index is 2.85. The third-order valence-corrected chi connectivity index (χ3v) is 2.98. The highest BCUT2D eigenvalue weighted by molar-refractivity contribution is 5.99. The lowest BCUT2D eigenvalue weighted by molar-refractivity contribution is -0.145. The van der Waals surface area contributed by atoms with Crippen LogP contribution in [-0.4, -0.2) is 18.4 Å². The minimum absolute atomic E-state index is 0.0906. The van der Waals surface area contributed by atoms with Gasteiger partial charge in [-0.3, -0.25) is 9.59 Å². The quantitative estimate of drug-likeness (QED) is 0.433. The van der Waals surface area contributed by atoms with Gasteiger partial charge < -0.3 is 4.74 Å². The molecule has 0 aromatic heterocycles. The van der Waals surface area contributed by atoms with Crippen LogP contribution in [0.4, 0.5) is 0 Å². The maximum absolute atomic E-state index is 12.3. The highest BCUT2D eigenvalue weighted by Gasteiger charge is 2.22. The van der Waals surface area contributed by atoms with E-state index in [-0.39, 0.29) is 18.1 Å². The summed E-state index contributed by atoms with van der Waals surface area (Å²) in [6.45, 7) is 6.03. The van der Waals surface area contributed by atoms with Crippen molar-refractivity contribution in [2.24, 2.45) is 0 Å². The van der Waals surface area contributed by atoms with Gasteiger partial charge >= 0.3 is 5.97 Å². The predicted octanol–water partition coefficient (Wildman–Crippen LogP) is 3.65. The number of ketones is 1. The molecule has 0 aliphatic rings. The van der Waals surface area contributed by atoms with Gasteiger partial charge in [-0.05, 0) is 32.8 Å². The van der Waals surface area contributed by atoms with Crippen molar-refractivity contribution in [2.75, 3.05) is 6.61 Å². The Morgan fingerprint density at radius 1 is 1.20 bits per heavy atom. The number of ether oxygens (including phenoxy) is 1. The summed E-state index contributed by atoms with van der Waals surface area (Å²) < 4.78 is 4.85. The molecule has 1 aromatic carbocycles. The molecule has 0 fully saturated rings. The van der Waals surface area contributed by atoms with Crippen molar-refractivity contribution >= 4 is 11.8 Å². The summed E-state index contributed by atoms with van der Waals surface area (Å²) in [5, 5.41) is 0. The van der Waals surface area contributed by atoms with E-state index < -0.39 is 5.97 Å². The van der Waals surface area contributed by atoms with Gasteiger partial charge in [0.2, 0.25) is 0 Å². The minimum atomic E-state index is -0.448. The molecular formula is C17H22O3. The molecule has 1 rings (SSSR count). The lowest BCUT2D eigenvalue weighted by Gasteiger charge is -2.14. The Morgan fingerprint density at radius 2 is 1.85 bits per heavy atom. The van der Waals surface area contributed by atoms with Crippen LogP contribution in [0.3, 0.4) is 0 Å². The fraction of sp³-hybridized carbons (Fsp3) is 0.412. The van der Waals surface area contributed by atoms with E-state index in [9.17, 15) is 9.59 Å². The van der Waals surface area contributed by atoms with Gasteiger partial charge in [0.05, 0.1) is 6.61 Å². The molecule has 1 aromatic rings. The van der Waals surface area contributed by atoms with Crippen molar-refractivity contribution in [3.8, 4) is 0 Å². The summed E-state index contributed by atoms with van der Waals surface area (Å²) in [5.41, 5.74) is 2.11. The lowest BCUT2D eigenvalue weighted by atomic mass is 9.89. The number of Topliss-reactive ketones (excluding diaryl/α,β-unsaturated/α-hetero) is 1. The summed E-state index contributed by atoms with van der Waals surface area (Å²) in [6, 6.07) is 9.57. The SMILES string of the molecule is CCOC(=O)CC(=O)C(CC=C(C)C)c1ccccc1. The van der Waals surface area contributed by atoms with Crippen LogP contribution in [0.15, 0.2) is 42.0 Å². The molecule has 0 amide bonds. The van der Waals surface area contributed by atoms with Crippen LogP contribution >= 0.6 is 0 Å². The van der Waals surface area contributed by atoms with E-state index in [0.29, 0.717) is 13.0 Å². The molecule has 1 unspecified atom stereocenters. The summed E-state index contributed by atoms with van der Waals surface area (Å²) in [4.78, 5) is 23.8. The normalized spacial score (nSPS) is 11.6. The van der Waals surface area contributed by atoms with Gasteiger partial charge in [0.1, 0.15) is 6.42 Å². The topological polar surface area (TPSA) is 43.4 Å². The predicted molar refractivity (Wildman–Crippen MR) is 79.5 cm³/mol. The smallest absolute Gasteiger partial charge is 0.313 e. The average Bonchev–Trinajstić information content (AvgIpc) is 2.40. The van der Waals surface area contributed by atoms with Gasteiger partial charge in [0, 0.05) is 5.92 Å². The van der Waals surface area contributed by atoms with Crippen LogP contribution in [-0.2, 0) is 14.3 Å². The van der Waals surface area contributed by atoms with Crippen molar-refractivity contribution in [2.45, 2.75) is 39.5 Å². The molecule has 0 saturated heterocycles. The van der Waals surface area contributed by atoms with E-state index in [1.165, 1.54) is 0 Å². The van der Waals surface area contributed by atoms with Gasteiger partial charge in [-0.1, -0.05) is 42.0 Å². The highest BCUT2D eigenvalue weighted by atomic mass is 16.5. The number of benzene rings is 1. The van der Waals surface area contributed by atoms with Crippen LogP contribution in [0.1, 0.15) is 45.1 Å². The molecule has 0 spiro atoms. The molecule has 0 heterocycles. The Morgan fingerprint density at radius 3 is 2.40 bits per heavy atom. The molecule has 0 aliphatic carbocycles. The first-order valence-electron chi connectivity index (χ1n) is 6.91. The van der Waals surface area contributed by atoms with E-state index in [4.69, 9.17) is 4.74 Å². The molecule has 3 nitrogen and oxygen atoms in total. The maximum atomic E-state index is 12.3. The zero-order valence-corrected chi connectivity index (χ0v) is 12.4. The van der Waals surface area contributed by atoms with Gasteiger partial charge in [-0.2, -0.15) is 0 Å². The summed E-state index contributed by atoms with van der Waals surface area (Å²) in [6.07, 6.45) is 2.48. The largest absolute Gasteiger partial charge is 0.466 e. The van der Waals surface area contributed by atoms with E-state index >= 15 is 0 Å². The van der Waals surface area contributed by atoms with Crippen molar-refractivity contribution < 1.29 is 14.3 Å². The van der Waals surface area contributed by atoms with E-state index in [1.54, 1.807) is 6.92 Å². The molecule has 1 atom stereocenters. The van der Waals surface area contributed by atoms with Crippen LogP contribution in [0, 0.1) is 0 Å².